The van der Waals surface area contributed by atoms with Gasteiger partial charge in [0.2, 0.25) is 5.91 Å². The topological polar surface area (TPSA) is 66.5 Å². The first-order valence-corrected chi connectivity index (χ1v) is 12.8. The molecule has 0 atom stereocenters. The third-order valence-corrected chi connectivity index (χ3v) is 7.47. The van der Waals surface area contributed by atoms with Crippen molar-refractivity contribution in [1.29, 1.82) is 0 Å². The lowest BCUT2D eigenvalue weighted by Crippen LogP contribution is -2.42. The fourth-order valence-corrected chi connectivity index (χ4v) is 5.54. The highest BCUT2D eigenvalue weighted by molar-refractivity contribution is 7.92. The minimum Gasteiger partial charge on any atom is -0.344 e. The summed E-state index contributed by atoms with van der Waals surface area (Å²) < 4.78 is 28.5. The van der Waals surface area contributed by atoms with Crippen LogP contribution in [0.25, 0.3) is 0 Å². The molecule has 0 aromatic heterocycles. The summed E-state index contributed by atoms with van der Waals surface area (Å²) in [5.74, 6) is -0.402. The Hall–Kier alpha value is -3.90. The lowest BCUT2D eigenvalue weighted by Gasteiger charge is -2.27. The van der Waals surface area contributed by atoms with E-state index < -0.39 is 22.0 Å². The van der Waals surface area contributed by atoms with Crippen molar-refractivity contribution in [3.63, 3.8) is 0 Å². The predicted octanol–water partition coefficient (Wildman–Crippen LogP) is 5.40. The molecule has 0 saturated carbocycles. The maximum absolute atomic E-state index is 13.7. The molecule has 0 aliphatic heterocycles. The molecule has 4 aromatic carbocycles. The summed E-state index contributed by atoms with van der Waals surface area (Å²) in [5, 5.41) is 3.06. The number of anilines is 1. The summed E-state index contributed by atoms with van der Waals surface area (Å²) in [4.78, 5) is 13.5. The molecule has 178 valence electrons. The largest absolute Gasteiger partial charge is 0.344 e. The highest BCUT2D eigenvalue weighted by Crippen LogP contribution is 2.27. The normalized spacial score (nSPS) is 11.3. The number of hydrogen-bond donors (Lipinski definition) is 1. The van der Waals surface area contributed by atoms with E-state index in [0.717, 1.165) is 22.3 Å². The van der Waals surface area contributed by atoms with Crippen LogP contribution in [-0.4, -0.2) is 20.9 Å². The van der Waals surface area contributed by atoms with Gasteiger partial charge in [-0.2, -0.15) is 0 Å². The van der Waals surface area contributed by atoms with Gasteiger partial charge in [-0.15, -0.1) is 0 Å². The molecule has 1 amide bonds. The fourth-order valence-electron chi connectivity index (χ4n) is 4.12. The number of rotatable bonds is 8. The number of nitrogens with zero attached hydrogens (tertiary/aromatic N) is 1. The van der Waals surface area contributed by atoms with Crippen molar-refractivity contribution in [2.24, 2.45) is 0 Å². The molecule has 4 rings (SSSR count). The van der Waals surface area contributed by atoms with E-state index in [1.54, 1.807) is 42.5 Å². The minimum atomic E-state index is -3.98. The molecule has 0 fully saturated rings. The number of carbonyl (C=O) groups is 1. The Kier molecular flexibility index (Phi) is 7.32. The molecule has 0 aliphatic carbocycles. The quantitative estimate of drug-likeness (QED) is 0.364. The molecule has 35 heavy (non-hydrogen) atoms. The van der Waals surface area contributed by atoms with Crippen LogP contribution in [0, 0.1) is 13.8 Å². The fraction of sp³-hybridized carbons (Fsp3) is 0.138. The molecule has 0 unspecified atom stereocenters. The highest BCUT2D eigenvalue weighted by atomic mass is 32.2. The molecule has 0 spiro atoms. The average molecular weight is 485 g/mol. The van der Waals surface area contributed by atoms with Gasteiger partial charge in [-0.25, -0.2) is 8.42 Å². The van der Waals surface area contributed by atoms with Crippen molar-refractivity contribution >= 4 is 21.6 Å². The number of hydrogen-bond acceptors (Lipinski definition) is 3. The molecular weight excluding hydrogens is 456 g/mol. The Labute approximate surface area is 207 Å². The summed E-state index contributed by atoms with van der Waals surface area (Å²) in [7, 11) is -3.98. The minimum absolute atomic E-state index is 0.134. The lowest BCUT2D eigenvalue weighted by molar-refractivity contribution is -0.120. The molecular formula is C29H28N2O3S. The number of amides is 1. The van der Waals surface area contributed by atoms with E-state index in [2.05, 4.69) is 5.32 Å². The Morgan fingerprint density at radius 3 is 1.69 bits per heavy atom. The van der Waals surface area contributed by atoms with Gasteiger partial charge >= 0.3 is 0 Å². The van der Waals surface area contributed by atoms with Gasteiger partial charge in [0, 0.05) is 0 Å². The zero-order valence-corrected chi connectivity index (χ0v) is 20.6. The van der Waals surface area contributed by atoms with Crippen molar-refractivity contribution in [2.45, 2.75) is 24.8 Å². The van der Waals surface area contributed by atoms with Crippen LogP contribution >= 0.6 is 0 Å². The molecule has 0 bridgehead atoms. The van der Waals surface area contributed by atoms with Crippen molar-refractivity contribution in [1.82, 2.24) is 5.32 Å². The van der Waals surface area contributed by atoms with Crippen LogP contribution in [0.1, 0.15) is 28.3 Å². The zero-order valence-electron chi connectivity index (χ0n) is 19.8. The number of sulfonamides is 1. The van der Waals surface area contributed by atoms with Crippen LogP contribution in [0.3, 0.4) is 0 Å². The van der Waals surface area contributed by atoms with Gasteiger partial charge in [-0.05, 0) is 60.4 Å². The SMILES string of the molecule is Cc1cc(C)cc(N(CC(=O)NC(c2ccccc2)c2ccccc2)S(=O)(=O)c2ccccc2)c1. The maximum Gasteiger partial charge on any atom is 0.264 e. The van der Waals surface area contributed by atoms with Gasteiger partial charge in [0.05, 0.1) is 16.6 Å². The van der Waals surface area contributed by atoms with Gasteiger partial charge in [0.15, 0.2) is 0 Å². The van der Waals surface area contributed by atoms with Crippen molar-refractivity contribution in [3.8, 4) is 0 Å². The molecule has 0 saturated heterocycles. The van der Waals surface area contributed by atoms with E-state index in [-0.39, 0.29) is 11.4 Å². The zero-order chi connectivity index (χ0) is 24.8. The van der Waals surface area contributed by atoms with Crippen LogP contribution in [-0.2, 0) is 14.8 Å². The van der Waals surface area contributed by atoms with E-state index in [9.17, 15) is 13.2 Å². The smallest absolute Gasteiger partial charge is 0.264 e. The summed E-state index contributed by atoms with van der Waals surface area (Å²) in [6, 6.07) is 32.6. The van der Waals surface area contributed by atoms with Gasteiger partial charge < -0.3 is 5.32 Å². The molecule has 5 nitrogen and oxygen atoms in total. The van der Waals surface area contributed by atoms with E-state index in [1.807, 2.05) is 80.6 Å². The van der Waals surface area contributed by atoms with E-state index >= 15 is 0 Å². The third kappa shape index (κ3) is 5.78. The number of nitrogens with one attached hydrogen (secondary N) is 1. The van der Waals surface area contributed by atoms with Crippen molar-refractivity contribution in [2.75, 3.05) is 10.8 Å². The number of benzene rings is 4. The van der Waals surface area contributed by atoms with Crippen LogP contribution < -0.4 is 9.62 Å². The Balaban J connectivity index is 1.70. The maximum atomic E-state index is 13.7. The second-order valence-electron chi connectivity index (χ2n) is 8.49. The molecule has 0 radical (unpaired) electrons. The summed E-state index contributed by atoms with van der Waals surface area (Å²) in [6.07, 6.45) is 0. The molecule has 4 aromatic rings. The Bertz CT molecular complexity index is 1330. The predicted molar refractivity (Wildman–Crippen MR) is 140 cm³/mol. The second-order valence-corrected chi connectivity index (χ2v) is 10.4. The summed E-state index contributed by atoms with van der Waals surface area (Å²) in [5.41, 5.74) is 4.12. The van der Waals surface area contributed by atoms with E-state index in [0.29, 0.717) is 5.69 Å². The standard InChI is InChI=1S/C29H28N2O3S/c1-22-18-23(2)20-26(19-22)31(35(33,34)27-16-10-5-11-17-27)21-28(32)30-29(24-12-6-3-7-13-24)25-14-8-4-9-15-25/h3-20,29H,21H2,1-2H3,(H,30,32). The second kappa shape index (κ2) is 10.6. The molecule has 0 heterocycles. The van der Waals surface area contributed by atoms with Gasteiger partial charge in [-0.1, -0.05) is 84.9 Å². The van der Waals surface area contributed by atoms with Gasteiger partial charge in [0.1, 0.15) is 6.54 Å². The Morgan fingerprint density at radius 2 is 1.20 bits per heavy atom. The number of carbonyl (C=O) groups excluding carboxylic acids is 1. The first-order valence-electron chi connectivity index (χ1n) is 11.4. The average Bonchev–Trinajstić information content (AvgIpc) is 2.87. The lowest BCUT2D eigenvalue weighted by atomic mass is 9.99. The van der Waals surface area contributed by atoms with Crippen LogP contribution in [0.15, 0.2) is 114 Å². The van der Waals surface area contributed by atoms with Crippen molar-refractivity contribution in [3.05, 3.63) is 131 Å². The third-order valence-electron chi connectivity index (χ3n) is 5.68. The van der Waals surface area contributed by atoms with Crippen LogP contribution in [0.5, 0.6) is 0 Å². The Morgan fingerprint density at radius 1 is 0.743 bits per heavy atom. The first kappa shape index (κ1) is 24.2. The summed E-state index contributed by atoms with van der Waals surface area (Å²) >= 11 is 0. The summed E-state index contributed by atoms with van der Waals surface area (Å²) in [6.45, 7) is 3.46. The van der Waals surface area contributed by atoms with Gasteiger partial charge in [-0.3, -0.25) is 9.10 Å². The molecule has 6 heteroatoms. The van der Waals surface area contributed by atoms with E-state index in [1.165, 1.54) is 4.31 Å². The van der Waals surface area contributed by atoms with Gasteiger partial charge in [0.25, 0.3) is 10.0 Å². The monoisotopic (exact) mass is 484 g/mol. The highest BCUT2D eigenvalue weighted by Gasteiger charge is 2.28. The van der Waals surface area contributed by atoms with Crippen molar-refractivity contribution < 1.29 is 13.2 Å². The first-order chi connectivity index (χ1) is 16.8. The van der Waals surface area contributed by atoms with E-state index in [4.69, 9.17) is 0 Å². The number of aryl methyl sites for hydroxylation is 2. The molecule has 0 aliphatic rings. The molecule has 1 N–H and O–H groups in total. The van der Waals surface area contributed by atoms with Crippen LogP contribution in [0.2, 0.25) is 0 Å². The van der Waals surface area contributed by atoms with Crippen LogP contribution in [0.4, 0.5) is 5.69 Å².